The number of pyridine rings is 4. The molecule has 4 aromatic heterocycles. The fraction of sp³-hybridized carbons (Fsp3) is 0.377. The number of aliphatic hydroxyl groups excluding tert-OH is 2. The molecule has 12 aromatic rings. The summed E-state index contributed by atoms with van der Waals surface area (Å²) in [5, 5.41) is 26.6. The van der Waals surface area contributed by atoms with Crippen molar-refractivity contribution in [2.45, 2.75) is 232 Å². The van der Waals surface area contributed by atoms with Crippen LogP contribution in [0.4, 0.5) is 13.2 Å². The number of hydrogen-bond acceptors (Lipinski definition) is 8. The third-order valence-electron chi connectivity index (χ3n) is 22.1. The van der Waals surface area contributed by atoms with Gasteiger partial charge in [-0.1, -0.05) is 206 Å². The van der Waals surface area contributed by atoms with Gasteiger partial charge in [-0.2, -0.15) is 0 Å². The van der Waals surface area contributed by atoms with Gasteiger partial charge in [-0.3, -0.25) is 14.0 Å². The molecule has 8 aromatic carbocycles. The summed E-state index contributed by atoms with van der Waals surface area (Å²) in [6.07, 6.45) is 14.1. The van der Waals surface area contributed by atoms with Gasteiger partial charge in [0.1, 0.15) is 0 Å². The summed E-state index contributed by atoms with van der Waals surface area (Å²) in [7, 11) is 0. The first-order chi connectivity index (χ1) is 61.1. The number of fused-ring (bicyclic) bond motifs is 4. The van der Waals surface area contributed by atoms with Crippen LogP contribution in [0.15, 0.2) is 194 Å². The van der Waals surface area contributed by atoms with Gasteiger partial charge in [-0.15, -0.1) is 140 Å². The predicted octanol–water partition coefficient (Wildman–Crippen LogP) is 29.1. The van der Waals surface area contributed by atoms with E-state index in [4.69, 9.17) is 16.4 Å². The molecule has 0 aliphatic heterocycles. The Kier molecular flexibility index (Phi) is 32.0. The molecule has 2 aliphatic rings. The van der Waals surface area contributed by atoms with E-state index >= 15 is 0 Å². The van der Waals surface area contributed by atoms with Gasteiger partial charge in [0.05, 0.1) is 26.4 Å². The molecule has 2 atom stereocenters. The van der Waals surface area contributed by atoms with Crippen LogP contribution in [-0.4, -0.2) is 54.8 Å². The van der Waals surface area contributed by atoms with Gasteiger partial charge in [0.25, 0.3) is 0 Å². The number of halogens is 3. The molecule has 2 radical (unpaired) electrons. The normalized spacial score (nSPS) is 15.1. The first-order valence-corrected chi connectivity index (χ1v) is 41.5. The summed E-state index contributed by atoms with van der Waals surface area (Å²) in [5.74, 6) is -0.236. The number of alkyl halides is 3. The number of ketones is 2. The number of allylic oxidation sites excluding steroid dienone is 4. The van der Waals surface area contributed by atoms with Crippen molar-refractivity contribution >= 4 is 54.7 Å². The Morgan fingerprint density at radius 1 is 0.420 bits per heavy atom. The van der Waals surface area contributed by atoms with Gasteiger partial charge in [0.15, 0.2) is 11.6 Å². The topological polar surface area (TPSA) is 126 Å². The quantitative estimate of drug-likeness (QED) is 0.0390. The predicted molar refractivity (Wildman–Crippen MR) is 482 cm³/mol. The molecule has 2 N–H and O–H groups in total. The van der Waals surface area contributed by atoms with Gasteiger partial charge in [0, 0.05) is 115 Å². The van der Waals surface area contributed by atoms with E-state index in [-0.39, 0.29) is 129 Å². The minimum atomic E-state index is -2.46. The number of aliphatic hydroxyl groups is 2. The van der Waals surface area contributed by atoms with E-state index in [1.165, 1.54) is 66.9 Å². The van der Waals surface area contributed by atoms with Crippen molar-refractivity contribution in [2.75, 3.05) is 6.67 Å². The summed E-state index contributed by atoms with van der Waals surface area (Å²) in [4.78, 5) is 40.9. The SMILES string of the molecule is CCC(CC)C(=O)C=C(O)C(CC)CC(F)F.CCC(CC)C(=O)C=C(O)C(CC)CCF.[2H]c1cc2cc(C)ccc2c(-c2[c-]c(C)cc(C)c2)n1.[2H]c1cc2cc(C3CCCC3)ccc2c(-c2[c-]c(C)cc(C([2H])([2H])[2H])c2)n1.[2H]c1nc(-c2[c-]c(C([2H])([2H])[2H])cc(C)c2)c2ccc(C3CCCC3)cc2c1[2H].[2H]c1nc(-c2[c-]c(C)cc(C)c2)c2ccc(C)cc2c1[2H].[Ir].[Ir]. The summed E-state index contributed by atoms with van der Waals surface area (Å²) in [6, 6.07) is 56.4. The van der Waals surface area contributed by atoms with Crippen LogP contribution in [0, 0.1) is 117 Å². The van der Waals surface area contributed by atoms with Crippen LogP contribution >= 0.6 is 0 Å². The van der Waals surface area contributed by atoms with Crippen molar-refractivity contribution in [1.29, 1.82) is 0 Å². The molecule has 4 heterocycles. The standard InChI is InChI=1S/2C22H22N.2C18H16N.C13H22F2O2.C13H23FO2.2Ir/c2*1-15-11-16(2)13-20(12-15)22-21-8-7-18(17-5-3-4-6-17)14-19(21)9-10-23-22;2*1-12-4-5-17-15(9-12)6-7-19-18(17)16-10-13(2)8-14(3)11-16;1-4-9(5-2)11(16)8-12(17)10(6-3)7-13(14)15;1-4-10(5-2)12(15)9-13(16)11(6-3)7-8-14;;/h2*7-12,14,17H,3-6H2,1-2H3;2*4-10H,1-3H3;8-10,13,17H,4-7H2,1-3H3;9-11,16H,4-8H2,1-3H3;;/q4*-1;;;;/i2D3,9D,10D;1D3,10D;6D,7D;7D;;;;. The number of hydrogen-bond donors (Lipinski definition) is 2. The maximum Gasteiger partial charge on any atom is 0.239 e. The fourth-order valence-corrected chi connectivity index (χ4v) is 15.8. The Hall–Kier alpha value is -9.09. The van der Waals surface area contributed by atoms with Crippen molar-refractivity contribution in [2.24, 2.45) is 23.7 Å². The second kappa shape index (κ2) is 47.8. The second-order valence-electron chi connectivity index (χ2n) is 31.4. The van der Waals surface area contributed by atoms with Crippen LogP contribution in [0.2, 0.25) is 0 Å². The number of carbonyl (C=O) groups is 2. The molecular weight excluding hydrogens is 1830 g/mol. The van der Waals surface area contributed by atoms with E-state index < -0.39 is 39.1 Å². The van der Waals surface area contributed by atoms with Gasteiger partial charge in [0.2, 0.25) is 6.43 Å². The molecule has 0 amide bonds. The van der Waals surface area contributed by atoms with Crippen molar-refractivity contribution in [3.8, 4) is 45.0 Å². The maximum atomic E-state index is 12.2. The Bertz CT molecular complexity index is 5960. The zero-order valence-corrected chi connectivity index (χ0v) is 76.0. The first-order valence-electron chi connectivity index (χ1n) is 47.5. The van der Waals surface area contributed by atoms with Crippen molar-refractivity contribution in [3.63, 3.8) is 0 Å². The summed E-state index contributed by atoms with van der Waals surface area (Å²) < 4.78 is 132. The van der Waals surface area contributed by atoms with Gasteiger partial charge < -0.3 is 30.1 Å². The number of aromatic nitrogens is 4. The molecule has 0 spiro atoms. The van der Waals surface area contributed by atoms with E-state index in [2.05, 4.69) is 119 Å². The van der Waals surface area contributed by atoms with Crippen LogP contribution in [0.25, 0.3) is 88.1 Å². The molecule has 8 nitrogen and oxygen atoms in total. The molecular formula is C106H121F3Ir2N4O4-4. The number of carbonyl (C=O) groups excluding carboxylic acids is 2. The maximum absolute atomic E-state index is 12.2. The summed E-state index contributed by atoms with van der Waals surface area (Å²) >= 11 is 0. The number of rotatable bonds is 22. The van der Waals surface area contributed by atoms with E-state index in [0.29, 0.717) is 71.6 Å². The van der Waals surface area contributed by atoms with E-state index in [0.717, 1.165) is 125 Å². The van der Waals surface area contributed by atoms with E-state index in [9.17, 15) is 33.0 Å². The third kappa shape index (κ3) is 27.7. The molecule has 2 aliphatic carbocycles. The molecule has 2 saturated carbocycles. The fourth-order valence-electron chi connectivity index (χ4n) is 15.8. The van der Waals surface area contributed by atoms with Crippen LogP contribution < -0.4 is 0 Å². The molecule has 0 saturated heterocycles. The number of aryl methyl sites for hydroxylation is 10. The van der Waals surface area contributed by atoms with Gasteiger partial charge in [-0.05, 0) is 198 Å². The molecule has 13 heteroatoms. The average Bonchev–Trinajstić information content (AvgIpc) is 1.50. The van der Waals surface area contributed by atoms with E-state index in [1.807, 2.05) is 125 Å². The monoisotopic (exact) mass is 1970 g/mol. The van der Waals surface area contributed by atoms with Crippen molar-refractivity contribution < 1.29 is 89.6 Å². The third-order valence-corrected chi connectivity index (χ3v) is 22.1. The number of benzene rings is 8. The molecule has 0 bridgehead atoms. The molecule has 632 valence electrons. The average molecular weight is 1970 g/mol. The molecule has 2 unspecified atom stereocenters. The Morgan fingerprint density at radius 3 is 1.15 bits per heavy atom. The van der Waals surface area contributed by atoms with Crippen LogP contribution in [0.5, 0.6) is 0 Å². The minimum Gasteiger partial charge on any atom is -0.512 e. The zero-order chi connectivity index (χ0) is 94.6. The van der Waals surface area contributed by atoms with Gasteiger partial charge in [-0.25, -0.2) is 8.78 Å². The molecule has 14 rings (SSSR count). The number of nitrogens with zero attached hydrogens (tertiary/aromatic N) is 4. The van der Waals surface area contributed by atoms with Crippen molar-refractivity contribution in [3.05, 3.63) is 285 Å². The second-order valence-corrected chi connectivity index (χ2v) is 31.4. The Morgan fingerprint density at radius 2 is 0.756 bits per heavy atom. The minimum absolute atomic E-state index is 0. The van der Waals surface area contributed by atoms with Gasteiger partial charge >= 0.3 is 0 Å². The van der Waals surface area contributed by atoms with Crippen LogP contribution in [0.3, 0.4) is 0 Å². The largest absolute Gasteiger partial charge is 0.512 e. The Balaban J connectivity index is 0.000000217. The molecule has 2 fully saturated rings. The molecule has 119 heavy (non-hydrogen) atoms. The summed E-state index contributed by atoms with van der Waals surface area (Å²) in [5.41, 5.74) is 17.0. The van der Waals surface area contributed by atoms with Crippen LogP contribution in [0.1, 0.15) is 239 Å². The zero-order valence-electron chi connectivity index (χ0n) is 83.2. The first kappa shape index (κ1) is 79.7. The Labute approximate surface area is 751 Å². The van der Waals surface area contributed by atoms with Crippen molar-refractivity contribution in [1.82, 2.24) is 19.9 Å². The smallest absolute Gasteiger partial charge is 0.239 e. The summed E-state index contributed by atoms with van der Waals surface area (Å²) in [6.45, 7) is 22.3. The van der Waals surface area contributed by atoms with E-state index in [1.54, 1.807) is 31.2 Å². The van der Waals surface area contributed by atoms with Crippen LogP contribution in [-0.2, 0) is 49.8 Å².